The summed E-state index contributed by atoms with van der Waals surface area (Å²) in [4.78, 5) is 23.8. The fraction of sp³-hybridized carbons (Fsp3) is 0.177. The number of aromatic nitrogens is 2. The number of halogens is 8. The molecule has 143 heavy (non-hydrogen) atoms. The van der Waals surface area contributed by atoms with Crippen LogP contribution >= 0.6 is 92.8 Å². The van der Waals surface area contributed by atoms with Gasteiger partial charge < -0.3 is 85.8 Å². The minimum atomic E-state index is -1.72. The van der Waals surface area contributed by atoms with Gasteiger partial charge in [-0.2, -0.15) is 0 Å². The number of ether oxygens (including phenoxy) is 16. The van der Waals surface area contributed by atoms with Gasteiger partial charge in [-0.25, -0.2) is 9.98 Å². The van der Waals surface area contributed by atoms with Crippen molar-refractivity contribution in [3.05, 3.63) is 463 Å². The van der Waals surface area contributed by atoms with Gasteiger partial charge in [0.25, 0.3) is 0 Å². The summed E-state index contributed by atoms with van der Waals surface area (Å²) in [5, 5.41) is 4.16. The first-order valence-electron chi connectivity index (χ1n) is 45.8. The van der Waals surface area contributed by atoms with E-state index in [2.05, 4.69) is 6.65 Å². The van der Waals surface area contributed by atoms with E-state index in [9.17, 15) is 0 Å². The largest absolute Gasteiger partial charge is 2.00 e. The van der Waals surface area contributed by atoms with Crippen molar-refractivity contribution in [2.24, 2.45) is 9.98 Å². The Labute approximate surface area is 872 Å². The number of fused-ring (bicyclic) bond motifs is 15. The first-order valence-corrected chi connectivity index (χ1v) is 48.8. The van der Waals surface area contributed by atoms with Crippen LogP contribution < -0.4 is 58.6 Å². The van der Waals surface area contributed by atoms with Crippen LogP contribution in [0, 0.1) is 6.65 Å². The molecule has 2 aromatic heterocycles. The van der Waals surface area contributed by atoms with E-state index in [0.717, 1.165) is 0 Å². The summed E-state index contributed by atoms with van der Waals surface area (Å²) >= 11 is 56.5. The van der Waals surface area contributed by atoms with Crippen molar-refractivity contribution in [1.29, 1.82) is 0 Å². The molecule has 25 rings (SSSR count). The van der Waals surface area contributed by atoms with E-state index in [0.29, 0.717) is 220 Å². The van der Waals surface area contributed by atoms with Gasteiger partial charge in [-0.15, -0.1) is 22.1 Å². The fourth-order valence-electron chi connectivity index (χ4n) is 20.3. The number of allylic oxidation sites excluding steroid dienone is 4. The zero-order valence-electron chi connectivity index (χ0n) is 74.9. The topological polar surface area (TPSA) is 220 Å². The predicted octanol–water partition coefficient (Wildman–Crippen LogP) is 22.3. The molecule has 11 aliphatic heterocycles. The quantitative estimate of drug-likeness (QED) is 0.0784. The number of aliphatic imine (C=N–C) groups is 2. The maximum Gasteiger partial charge on any atom is 2.00 e. The maximum atomic E-state index is 7.65. The average molecular weight is 2150 g/mol. The number of hydrogen-bond acceptors (Lipinski definition) is 18. The van der Waals surface area contributed by atoms with Gasteiger partial charge in [0.2, 0.25) is 23.1 Å². The van der Waals surface area contributed by atoms with E-state index < -0.39 is 72.0 Å². The summed E-state index contributed by atoms with van der Waals surface area (Å²) < 4.78 is 129. The van der Waals surface area contributed by atoms with Crippen LogP contribution in [-0.2, 0) is 85.2 Å². The summed E-state index contributed by atoms with van der Waals surface area (Å²) in [6, 6.07) is 89.0. The Morgan fingerprint density at radius 3 is 0.622 bits per heavy atom. The van der Waals surface area contributed by atoms with Crippen LogP contribution in [0.25, 0.3) is 22.3 Å². The van der Waals surface area contributed by atoms with Gasteiger partial charge in [-0.05, 0) is 170 Å². The van der Waals surface area contributed by atoms with Crippen LogP contribution in [0.1, 0.15) is 78.1 Å². The minimum Gasteiger partial charge on any atom is 2.00 e. The molecule has 3 fully saturated rings. The molecule has 30 heteroatoms. The molecule has 0 aliphatic carbocycles. The van der Waals surface area contributed by atoms with E-state index >= 15 is 0 Å². The van der Waals surface area contributed by atoms with Crippen molar-refractivity contribution < 1.29 is 99.9 Å². The van der Waals surface area contributed by atoms with Crippen LogP contribution in [0.15, 0.2) is 337 Å². The monoisotopic (exact) mass is 2140 g/mol. The zero-order chi connectivity index (χ0) is 96.3. The molecule has 0 radical (unpaired) electrons. The molecular weight excluding hydrogens is 2070 g/mol. The molecule has 21 nitrogen and oxygen atoms in total. The van der Waals surface area contributed by atoms with Crippen molar-refractivity contribution in [1.82, 2.24) is 9.97 Å². The first-order chi connectivity index (χ1) is 69.4. The van der Waals surface area contributed by atoms with Crippen LogP contribution in [0.4, 0.5) is 0 Å². The SMILES string of the molecule is Clc1cccc(C2(c3cccc(Cl)c3)OC3COc4cccc5c4C4=C6C=CC(=N6)C6=c7ccc([n-]7)=C7C8=NC(=C(c9ccc4[n-]9)c4c(cccc4OCC4OC(c9cccc(Cl)c9)(c9cccc(Cl)c9)OC4COc4cccc(c47)OCC4OC(c7cccc(Cl)c7)(c7cccc(Cl)c7)OC4COc4cccc(c46)OCC4OC(c6cccc(Cl)c6)(c6cccc(Cl)c6)OC4CO5)OCC3O2)C=C8)c1.[C-]#[O+].[Ru+2]. The van der Waals surface area contributed by atoms with Gasteiger partial charge in [0.05, 0.1) is 45.1 Å². The number of rotatable bonds is 8. The molecule has 14 aromatic rings. The maximum absolute atomic E-state index is 7.65. The molecule has 3 saturated heterocycles. The third kappa shape index (κ3) is 17.2. The van der Waals surface area contributed by atoms with E-state index in [4.69, 9.17) is 193 Å². The zero-order valence-corrected chi connectivity index (χ0v) is 82.7. The second-order valence-corrected chi connectivity index (χ2v) is 38.7. The van der Waals surface area contributed by atoms with Gasteiger partial charge in [0.15, 0.2) is 0 Å². The summed E-state index contributed by atoms with van der Waals surface area (Å²) in [5.41, 5.74) is 10.2. The molecule has 0 amide bonds. The van der Waals surface area contributed by atoms with Crippen molar-refractivity contribution in [3.63, 3.8) is 0 Å². The Hall–Kier alpha value is -12.0. The van der Waals surface area contributed by atoms with Gasteiger partial charge in [-0.3, -0.25) is 0 Å². The summed E-state index contributed by atoms with van der Waals surface area (Å²) in [6.45, 7) is 2.89. The van der Waals surface area contributed by atoms with Gasteiger partial charge in [0.1, 0.15) is 148 Å². The molecule has 8 atom stereocenters. The molecule has 0 spiro atoms. The molecule has 11 aliphatic rings. The van der Waals surface area contributed by atoms with E-state index in [1.54, 1.807) is 48.5 Å². The second-order valence-electron chi connectivity index (χ2n) is 35.2. The fourth-order valence-corrected chi connectivity index (χ4v) is 21.9. The average Bonchev–Trinajstić information content (AvgIpc) is 1.60. The van der Waals surface area contributed by atoms with Gasteiger partial charge in [-0.1, -0.05) is 238 Å². The molecular formula is C113H76Cl8N4O17Ru. The number of nitrogens with zero attached hydrogens (tertiary/aromatic N) is 4. The van der Waals surface area contributed by atoms with Gasteiger partial charge >= 0.3 is 30.8 Å². The second kappa shape index (κ2) is 38.8. The molecule has 8 unspecified atom stereocenters. The third-order valence-corrected chi connectivity index (χ3v) is 28.5. The van der Waals surface area contributed by atoms with Crippen LogP contribution in [0.2, 0.25) is 40.2 Å². The van der Waals surface area contributed by atoms with Crippen molar-refractivity contribution in [2.75, 3.05) is 52.9 Å². The van der Waals surface area contributed by atoms with Crippen LogP contribution in [0.5, 0.6) is 46.0 Å². The molecule has 0 saturated carbocycles. The number of hydrogen-bond donors (Lipinski definition) is 0. The molecule has 32 bridgehead atoms. The Balaban J connectivity index is 0.00000376. The third-order valence-electron chi connectivity index (χ3n) is 26.6. The van der Waals surface area contributed by atoms with Gasteiger partial charge in [0, 0.05) is 107 Å². The first kappa shape index (κ1) is 94.6. The molecule has 13 heterocycles. The smallest absolute Gasteiger partial charge is 2.00 e. The predicted molar refractivity (Wildman–Crippen MR) is 536 cm³/mol. The van der Waals surface area contributed by atoms with E-state index in [-0.39, 0.29) is 72.3 Å². The molecule has 0 N–H and O–H groups in total. The van der Waals surface area contributed by atoms with Crippen molar-refractivity contribution in [2.45, 2.75) is 72.0 Å². The van der Waals surface area contributed by atoms with Crippen LogP contribution in [-0.4, -0.2) is 113 Å². The molecule has 714 valence electrons. The Morgan fingerprint density at radius 2 is 0.427 bits per heavy atom. The summed E-state index contributed by atoms with van der Waals surface area (Å²) in [5.74, 6) is -4.40. The Kier molecular flexibility index (Phi) is 25.7. The van der Waals surface area contributed by atoms with Crippen LogP contribution in [0.3, 0.4) is 0 Å². The van der Waals surface area contributed by atoms with Crippen molar-refractivity contribution >= 4 is 127 Å². The van der Waals surface area contributed by atoms with E-state index in [1.807, 2.05) is 267 Å². The standard InChI is InChI=1S/C112H76Cl8N4O16.CO.Ru/c113-69-21-1-13-61(45-69)109(62-14-2-22-70(114)46-62)133-93-53-125-85-29-9-31-87-105(85)101-77-37-38-78(121-77)102-80-40-42-82(123-80)104-84-44-43-83(124-84)103(81-41-39-79(101)122-81)107-89(129-57-97-95(55-127-87)135-110(137-97,63-15-3-23-71(115)47-63)64-16-4-24-72(116)48-64)33-11-35-91(107)131-59-99-100(140-112(139-99,67-19-7-27-75(119)51-67)68-20-8-28-76(120)52-68)60-132-92-36-12-34-90(108(92)104)130-58-98-96(56-128-88-32-10-30-86(106(88)102)126-54-94(93)134-109)136-111(138-98,65-17-5-25-73(117)49-65)66-18-6-26-74(118)50-66;1-2;/h1-52,93-100H,53-60H2;;/q-2;;+2. The molecule has 12 aromatic carbocycles. The van der Waals surface area contributed by atoms with Crippen molar-refractivity contribution in [3.8, 4) is 46.0 Å². The summed E-state index contributed by atoms with van der Waals surface area (Å²) in [7, 11) is 0. The Morgan fingerprint density at radius 1 is 0.238 bits per heavy atom. The minimum absolute atomic E-state index is 0. The Bertz CT molecular complexity index is 7270. The van der Waals surface area contributed by atoms with E-state index in [1.165, 1.54) is 0 Å². The summed E-state index contributed by atoms with van der Waals surface area (Å²) in [6.07, 6.45) is -0.236. The normalized spacial score (nSPS) is 22.0. The number of benzene rings is 12.